The Morgan fingerprint density at radius 1 is 1.33 bits per heavy atom. The van der Waals surface area contributed by atoms with Crippen LogP contribution in [0.5, 0.6) is 0 Å². The molecule has 1 heterocycles. The van der Waals surface area contributed by atoms with Crippen molar-refractivity contribution in [2.24, 2.45) is 17.3 Å². The number of carbonyl (C=O) groups excluding carboxylic acids is 1. The zero-order chi connectivity index (χ0) is 13.2. The summed E-state index contributed by atoms with van der Waals surface area (Å²) in [6.45, 7) is 10.4. The van der Waals surface area contributed by atoms with Gasteiger partial charge in [-0.2, -0.15) is 0 Å². The number of hydrogen-bond donors (Lipinski definition) is 0. The topological polar surface area (TPSA) is 20.3 Å². The van der Waals surface area contributed by atoms with E-state index < -0.39 is 0 Å². The normalized spacial score (nSPS) is 33.6. The summed E-state index contributed by atoms with van der Waals surface area (Å²) in [4.78, 5) is 14.5. The molecule has 1 saturated heterocycles. The number of likely N-dealkylation sites (tertiary alicyclic amines) is 1. The average Bonchev–Trinajstić information content (AvgIpc) is 2.37. The minimum atomic E-state index is 0.333. The first kappa shape index (κ1) is 14.0. The predicted molar refractivity (Wildman–Crippen MR) is 75.6 cm³/mol. The summed E-state index contributed by atoms with van der Waals surface area (Å²) in [5.74, 6) is 1.61. The molecule has 2 nitrogen and oxygen atoms in total. The van der Waals surface area contributed by atoms with Crippen molar-refractivity contribution in [1.29, 1.82) is 0 Å². The van der Waals surface area contributed by atoms with E-state index >= 15 is 0 Å². The Hall–Kier alpha value is -0.370. The monoisotopic (exact) mass is 251 g/mol. The highest BCUT2D eigenvalue weighted by atomic mass is 16.1. The van der Waals surface area contributed by atoms with Gasteiger partial charge in [0.1, 0.15) is 5.78 Å². The fourth-order valence-corrected chi connectivity index (χ4v) is 3.44. The maximum absolute atomic E-state index is 12.0. The molecule has 2 aliphatic rings. The molecule has 2 heteroatoms. The van der Waals surface area contributed by atoms with Crippen LogP contribution in [0.2, 0.25) is 0 Å². The second kappa shape index (κ2) is 5.73. The summed E-state index contributed by atoms with van der Waals surface area (Å²) >= 11 is 0. The van der Waals surface area contributed by atoms with Crippen LogP contribution in [0.4, 0.5) is 0 Å². The van der Waals surface area contributed by atoms with E-state index in [2.05, 4.69) is 25.7 Å². The molecule has 1 aliphatic carbocycles. The molecular weight excluding hydrogens is 222 g/mol. The predicted octanol–water partition coefficient (Wildman–Crippen LogP) is 3.50. The molecule has 104 valence electrons. The van der Waals surface area contributed by atoms with Gasteiger partial charge in [-0.05, 0) is 50.1 Å². The van der Waals surface area contributed by atoms with Crippen LogP contribution in [-0.2, 0) is 4.79 Å². The summed E-state index contributed by atoms with van der Waals surface area (Å²) in [5, 5.41) is 0. The summed E-state index contributed by atoms with van der Waals surface area (Å²) in [6, 6.07) is 0. The van der Waals surface area contributed by atoms with Crippen LogP contribution in [0.15, 0.2) is 0 Å². The van der Waals surface area contributed by atoms with Gasteiger partial charge in [0, 0.05) is 18.9 Å². The zero-order valence-electron chi connectivity index (χ0n) is 12.4. The fourth-order valence-electron chi connectivity index (χ4n) is 3.44. The van der Waals surface area contributed by atoms with Gasteiger partial charge in [0.25, 0.3) is 0 Å². The fraction of sp³-hybridized carbons (Fsp3) is 0.938. The quantitative estimate of drug-likeness (QED) is 0.765. The van der Waals surface area contributed by atoms with Crippen molar-refractivity contribution in [3.05, 3.63) is 0 Å². The summed E-state index contributed by atoms with van der Waals surface area (Å²) in [7, 11) is 0. The molecular formula is C16H29NO. The molecule has 2 atom stereocenters. The largest absolute Gasteiger partial charge is 0.303 e. The first-order valence-corrected chi connectivity index (χ1v) is 7.77. The molecule has 0 aromatic heterocycles. The van der Waals surface area contributed by atoms with Gasteiger partial charge < -0.3 is 4.90 Å². The number of ketones is 1. The van der Waals surface area contributed by atoms with Gasteiger partial charge in [0.05, 0.1) is 0 Å². The second-order valence-corrected chi connectivity index (χ2v) is 7.01. The molecule has 2 unspecified atom stereocenters. The molecule has 18 heavy (non-hydrogen) atoms. The van der Waals surface area contributed by atoms with Crippen molar-refractivity contribution >= 4 is 5.78 Å². The molecule has 0 amide bonds. The van der Waals surface area contributed by atoms with E-state index in [1.54, 1.807) is 0 Å². The Morgan fingerprint density at radius 3 is 2.61 bits per heavy atom. The van der Waals surface area contributed by atoms with E-state index in [-0.39, 0.29) is 0 Å². The molecule has 0 N–H and O–H groups in total. The van der Waals surface area contributed by atoms with E-state index in [9.17, 15) is 4.79 Å². The molecule has 2 fully saturated rings. The SMILES string of the molecule is CCC1(C)CCN(CC2CC(C)CCC2=O)CC1. The van der Waals surface area contributed by atoms with Crippen molar-refractivity contribution in [3.63, 3.8) is 0 Å². The third kappa shape index (κ3) is 3.34. The van der Waals surface area contributed by atoms with Crippen molar-refractivity contribution in [1.82, 2.24) is 4.90 Å². The first-order chi connectivity index (χ1) is 8.52. The van der Waals surface area contributed by atoms with Crippen molar-refractivity contribution in [2.45, 2.75) is 59.3 Å². The number of nitrogens with zero attached hydrogens (tertiary/aromatic N) is 1. The summed E-state index contributed by atoms with van der Waals surface area (Å²) in [6.07, 6.45) is 6.97. The Labute approximate surface area is 112 Å². The lowest BCUT2D eigenvalue weighted by molar-refractivity contribution is -0.126. The van der Waals surface area contributed by atoms with Crippen LogP contribution < -0.4 is 0 Å². The number of rotatable bonds is 3. The second-order valence-electron chi connectivity index (χ2n) is 7.01. The van der Waals surface area contributed by atoms with E-state index in [1.165, 1.54) is 32.4 Å². The highest BCUT2D eigenvalue weighted by Gasteiger charge is 2.32. The number of piperidine rings is 1. The van der Waals surface area contributed by atoms with Crippen LogP contribution in [-0.4, -0.2) is 30.3 Å². The lowest BCUT2D eigenvalue weighted by atomic mass is 9.77. The van der Waals surface area contributed by atoms with Crippen LogP contribution >= 0.6 is 0 Å². The highest BCUT2D eigenvalue weighted by molar-refractivity contribution is 5.81. The van der Waals surface area contributed by atoms with Crippen LogP contribution in [0.25, 0.3) is 0 Å². The van der Waals surface area contributed by atoms with Crippen LogP contribution in [0.1, 0.15) is 59.3 Å². The van der Waals surface area contributed by atoms with E-state index in [4.69, 9.17) is 0 Å². The van der Waals surface area contributed by atoms with Gasteiger partial charge in [-0.15, -0.1) is 0 Å². The number of carbonyl (C=O) groups is 1. The van der Waals surface area contributed by atoms with Gasteiger partial charge in [0.15, 0.2) is 0 Å². The van der Waals surface area contributed by atoms with Crippen molar-refractivity contribution in [3.8, 4) is 0 Å². The molecule has 0 spiro atoms. The molecule has 0 aromatic rings. The van der Waals surface area contributed by atoms with Crippen LogP contribution in [0, 0.1) is 17.3 Å². The minimum Gasteiger partial charge on any atom is -0.303 e. The lowest BCUT2D eigenvalue weighted by Crippen LogP contribution is -2.43. The van der Waals surface area contributed by atoms with Gasteiger partial charge in [-0.25, -0.2) is 0 Å². The smallest absolute Gasteiger partial charge is 0.137 e. The first-order valence-electron chi connectivity index (χ1n) is 7.77. The van der Waals surface area contributed by atoms with E-state index in [0.717, 1.165) is 31.7 Å². The van der Waals surface area contributed by atoms with Gasteiger partial charge in [-0.1, -0.05) is 27.2 Å². The van der Waals surface area contributed by atoms with Gasteiger partial charge >= 0.3 is 0 Å². The van der Waals surface area contributed by atoms with Crippen molar-refractivity contribution in [2.75, 3.05) is 19.6 Å². The molecule has 0 radical (unpaired) electrons. The maximum atomic E-state index is 12.0. The maximum Gasteiger partial charge on any atom is 0.137 e. The third-order valence-corrected chi connectivity index (χ3v) is 5.42. The lowest BCUT2D eigenvalue weighted by Gasteiger charge is -2.40. The minimum absolute atomic E-state index is 0.333. The van der Waals surface area contributed by atoms with Gasteiger partial charge in [-0.3, -0.25) is 4.79 Å². The number of hydrogen-bond acceptors (Lipinski definition) is 2. The van der Waals surface area contributed by atoms with Crippen LogP contribution in [0.3, 0.4) is 0 Å². The summed E-state index contributed by atoms with van der Waals surface area (Å²) in [5.41, 5.74) is 0.556. The zero-order valence-corrected chi connectivity index (χ0v) is 12.4. The molecule has 0 bridgehead atoms. The molecule has 2 rings (SSSR count). The van der Waals surface area contributed by atoms with E-state index in [0.29, 0.717) is 17.1 Å². The van der Waals surface area contributed by atoms with Gasteiger partial charge in [0.2, 0.25) is 0 Å². The Bertz CT molecular complexity index is 291. The molecule has 1 aliphatic heterocycles. The Balaban J connectivity index is 1.82. The standard InChI is InChI=1S/C16H29NO/c1-4-16(3)7-9-17(10-8-16)12-14-11-13(2)5-6-15(14)18/h13-14H,4-12H2,1-3H3. The average molecular weight is 251 g/mol. The number of Topliss-reactive ketones (excluding diaryl/α,β-unsaturated/α-hetero) is 1. The van der Waals surface area contributed by atoms with E-state index in [1.807, 2.05) is 0 Å². The Morgan fingerprint density at radius 2 is 2.00 bits per heavy atom. The Kier molecular flexibility index (Phi) is 4.47. The third-order valence-electron chi connectivity index (χ3n) is 5.42. The highest BCUT2D eigenvalue weighted by Crippen LogP contribution is 2.35. The summed E-state index contributed by atoms with van der Waals surface area (Å²) < 4.78 is 0. The van der Waals surface area contributed by atoms with Crippen molar-refractivity contribution < 1.29 is 4.79 Å². The molecule has 1 saturated carbocycles. The molecule has 0 aromatic carbocycles.